The Bertz CT molecular complexity index is 450. The highest BCUT2D eigenvalue weighted by atomic mass is 16.1. The van der Waals surface area contributed by atoms with E-state index in [9.17, 15) is 4.79 Å². The normalized spacial score (nSPS) is 17.7. The molecule has 1 aromatic carbocycles. The number of nitrogens with two attached hydrogens (primary N) is 1. The molecule has 1 fully saturated rings. The zero-order valence-corrected chi connectivity index (χ0v) is 13.1. The van der Waals surface area contributed by atoms with Crippen molar-refractivity contribution < 1.29 is 4.79 Å². The lowest BCUT2D eigenvalue weighted by molar-refractivity contribution is -0.122. The Kier molecular flexibility index (Phi) is 5.62. The molecule has 1 saturated heterocycles. The molecule has 2 rings (SSSR count). The second-order valence-electron chi connectivity index (χ2n) is 5.77. The van der Waals surface area contributed by atoms with Gasteiger partial charge in [0.05, 0.1) is 0 Å². The number of carbonyl (C=O) groups is 1. The van der Waals surface area contributed by atoms with Gasteiger partial charge in [0.15, 0.2) is 0 Å². The van der Waals surface area contributed by atoms with Gasteiger partial charge < -0.3 is 16.0 Å². The minimum Gasteiger partial charge on any atom is -0.371 e. The highest BCUT2D eigenvalue weighted by Crippen LogP contribution is 2.25. The number of piperidine rings is 1. The van der Waals surface area contributed by atoms with Crippen LogP contribution in [0.15, 0.2) is 24.3 Å². The van der Waals surface area contributed by atoms with Gasteiger partial charge in [-0.15, -0.1) is 0 Å². The maximum Gasteiger partial charge on any atom is 0.220 e. The molecular weight excluding hydrogens is 262 g/mol. The number of benzene rings is 1. The van der Waals surface area contributed by atoms with Crippen LogP contribution in [0.25, 0.3) is 0 Å². The summed E-state index contributed by atoms with van der Waals surface area (Å²) in [6.07, 6.45) is 2.83. The molecule has 116 valence electrons. The van der Waals surface area contributed by atoms with Gasteiger partial charge in [-0.25, -0.2) is 0 Å². The summed E-state index contributed by atoms with van der Waals surface area (Å²) >= 11 is 0. The van der Waals surface area contributed by atoms with E-state index < -0.39 is 0 Å². The number of anilines is 1. The van der Waals surface area contributed by atoms with E-state index in [4.69, 9.17) is 5.73 Å². The SMILES string of the molecule is CCNC(CC)c1ccc(N2CCC(C(N)=O)CC2)cc1. The first kappa shape index (κ1) is 15.8. The highest BCUT2D eigenvalue weighted by molar-refractivity contribution is 5.77. The first-order valence-corrected chi connectivity index (χ1v) is 8.03. The third kappa shape index (κ3) is 3.97. The van der Waals surface area contributed by atoms with E-state index in [0.717, 1.165) is 38.9 Å². The van der Waals surface area contributed by atoms with E-state index in [2.05, 4.69) is 48.3 Å². The summed E-state index contributed by atoms with van der Waals surface area (Å²) < 4.78 is 0. The maximum absolute atomic E-state index is 11.2. The smallest absolute Gasteiger partial charge is 0.220 e. The predicted octanol–water partition coefficient (Wildman–Crippen LogP) is 2.45. The third-order valence-corrected chi connectivity index (χ3v) is 4.42. The number of hydrogen-bond donors (Lipinski definition) is 2. The van der Waals surface area contributed by atoms with Crippen molar-refractivity contribution in [1.82, 2.24) is 5.32 Å². The summed E-state index contributed by atoms with van der Waals surface area (Å²) in [7, 11) is 0. The molecule has 0 bridgehead atoms. The minimum absolute atomic E-state index is 0.0544. The lowest BCUT2D eigenvalue weighted by Crippen LogP contribution is -2.38. The molecule has 3 N–H and O–H groups in total. The first-order chi connectivity index (χ1) is 10.2. The van der Waals surface area contributed by atoms with Crippen molar-refractivity contribution >= 4 is 11.6 Å². The van der Waals surface area contributed by atoms with Crippen LogP contribution in [0.3, 0.4) is 0 Å². The van der Waals surface area contributed by atoms with Crippen LogP contribution in [-0.2, 0) is 4.79 Å². The van der Waals surface area contributed by atoms with Crippen LogP contribution in [0.5, 0.6) is 0 Å². The maximum atomic E-state index is 11.2. The van der Waals surface area contributed by atoms with Crippen molar-refractivity contribution in [1.29, 1.82) is 0 Å². The summed E-state index contributed by atoms with van der Waals surface area (Å²) in [5.41, 5.74) is 7.97. The van der Waals surface area contributed by atoms with Crippen LogP contribution in [0.1, 0.15) is 44.7 Å². The van der Waals surface area contributed by atoms with Crippen molar-refractivity contribution in [3.63, 3.8) is 0 Å². The van der Waals surface area contributed by atoms with Gasteiger partial charge in [0.1, 0.15) is 0 Å². The van der Waals surface area contributed by atoms with Crippen LogP contribution < -0.4 is 16.0 Å². The number of nitrogens with one attached hydrogen (secondary N) is 1. The van der Waals surface area contributed by atoms with Gasteiger partial charge >= 0.3 is 0 Å². The lowest BCUT2D eigenvalue weighted by Gasteiger charge is -2.32. The summed E-state index contributed by atoms with van der Waals surface area (Å²) in [6.45, 7) is 7.16. The Hall–Kier alpha value is -1.55. The minimum atomic E-state index is -0.151. The number of hydrogen-bond acceptors (Lipinski definition) is 3. The molecule has 1 aromatic rings. The molecule has 0 aliphatic carbocycles. The average molecular weight is 289 g/mol. The molecule has 0 spiro atoms. The summed E-state index contributed by atoms with van der Waals surface area (Å²) in [4.78, 5) is 13.6. The van der Waals surface area contributed by atoms with E-state index in [1.54, 1.807) is 0 Å². The van der Waals surface area contributed by atoms with Crippen LogP contribution >= 0.6 is 0 Å². The monoisotopic (exact) mass is 289 g/mol. The van der Waals surface area contributed by atoms with Gasteiger partial charge in [-0.2, -0.15) is 0 Å². The van der Waals surface area contributed by atoms with Crippen LogP contribution in [0.4, 0.5) is 5.69 Å². The van der Waals surface area contributed by atoms with E-state index in [-0.39, 0.29) is 11.8 Å². The third-order valence-electron chi connectivity index (χ3n) is 4.42. The van der Waals surface area contributed by atoms with E-state index in [1.807, 2.05) is 0 Å². The molecule has 4 heteroatoms. The largest absolute Gasteiger partial charge is 0.371 e. The molecule has 1 amide bonds. The Balaban J connectivity index is 1.98. The van der Waals surface area contributed by atoms with E-state index >= 15 is 0 Å². The number of carbonyl (C=O) groups excluding carboxylic acids is 1. The van der Waals surface area contributed by atoms with Crippen molar-refractivity contribution in [2.24, 2.45) is 11.7 Å². The molecule has 1 atom stereocenters. The fraction of sp³-hybridized carbons (Fsp3) is 0.588. The highest BCUT2D eigenvalue weighted by Gasteiger charge is 2.23. The Morgan fingerprint density at radius 1 is 1.29 bits per heavy atom. The zero-order chi connectivity index (χ0) is 15.2. The second-order valence-corrected chi connectivity index (χ2v) is 5.77. The van der Waals surface area contributed by atoms with Gasteiger partial charge in [-0.3, -0.25) is 4.79 Å². The van der Waals surface area contributed by atoms with Gasteiger partial charge in [0.2, 0.25) is 5.91 Å². The molecule has 0 saturated carbocycles. The fourth-order valence-electron chi connectivity index (χ4n) is 3.08. The molecule has 21 heavy (non-hydrogen) atoms. The molecule has 4 nitrogen and oxygen atoms in total. The number of nitrogens with zero attached hydrogens (tertiary/aromatic N) is 1. The molecule has 1 unspecified atom stereocenters. The van der Waals surface area contributed by atoms with Gasteiger partial charge in [-0.05, 0) is 43.5 Å². The second kappa shape index (κ2) is 7.46. The Labute approximate surface area is 127 Å². The fourth-order valence-corrected chi connectivity index (χ4v) is 3.08. The molecule has 0 radical (unpaired) electrons. The van der Waals surface area contributed by atoms with E-state index in [0.29, 0.717) is 6.04 Å². The van der Waals surface area contributed by atoms with Crippen molar-refractivity contribution in [2.75, 3.05) is 24.5 Å². The first-order valence-electron chi connectivity index (χ1n) is 8.03. The molecular formula is C17H27N3O. The number of rotatable bonds is 6. The Morgan fingerprint density at radius 3 is 2.38 bits per heavy atom. The topological polar surface area (TPSA) is 58.4 Å². The van der Waals surface area contributed by atoms with Crippen LogP contribution in [0, 0.1) is 5.92 Å². The molecule has 0 aromatic heterocycles. The molecule has 1 heterocycles. The molecule has 1 aliphatic heterocycles. The predicted molar refractivity (Wildman–Crippen MR) is 87.3 cm³/mol. The Morgan fingerprint density at radius 2 is 1.90 bits per heavy atom. The summed E-state index contributed by atoms with van der Waals surface area (Å²) in [5, 5.41) is 3.50. The lowest BCUT2D eigenvalue weighted by atomic mass is 9.95. The zero-order valence-electron chi connectivity index (χ0n) is 13.1. The van der Waals surface area contributed by atoms with E-state index in [1.165, 1.54) is 11.3 Å². The van der Waals surface area contributed by atoms with Crippen molar-refractivity contribution in [2.45, 2.75) is 39.2 Å². The van der Waals surface area contributed by atoms with Gasteiger partial charge in [0, 0.05) is 30.7 Å². The number of primary amides is 1. The van der Waals surface area contributed by atoms with Gasteiger partial charge in [-0.1, -0.05) is 26.0 Å². The average Bonchev–Trinajstić information content (AvgIpc) is 2.53. The van der Waals surface area contributed by atoms with Gasteiger partial charge in [0.25, 0.3) is 0 Å². The summed E-state index contributed by atoms with van der Waals surface area (Å²) in [5.74, 6) is -0.0971. The quantitative estimate of drug-likeness (QED) is 0.845. The molecule has 1 aliphatic rings. The van der Waals surface area contributed by atoms with Crippen molar-refractivity contribution in [3.8, 4) is 0 Å². The number of amides is 1. The summed E-state index contributed by atoms with van der Waals surface area (Å²) in [6, 6.07) is 9.25. The standard InChI is InChI=1S/C17H27N3O/c1-3-16(19-4-2)13-5-7-15(8-6-13)20-11-9-14(10-12-20)17(18)21/h5-8,14,16,19H,3-4,9-12H2,1-2H3,(H2,18,21). The van der Waals surface area contributed by atoms with Crippen LogP contribution in [-0.4, -0.2) is 25.5 Å². The van der Waals surface area contributed by atoms with Crippen molar-refractivity contribution in [3.05, 3.63) is 29.8 Å². The van der Waals surface area contributed by atoms with Crippen LogP contribution in [0.2, 0.25) is 0 Å².